The first-order chi connectivity index (χ1) is 8.33. The van der Waals surface area contributed by atoms with Crippen LogP contribution in [0, 0.1) is 0 Å². The summed E-state index contributed by atoms with van der Waals surface area (Å²) in [6, 6.07) is 5.87. The Labute approximate surface area is 107 Å². The van der Waals surface area contributed by atoms with Gasteiger partial charge in [-0.05, 0) is 35.2 Å². The van der Waals surface area contributed by atoms with Crippen LogP contribution in [0.3, 0.4) is 0 Å². The molecule has 0 aliphatic carbocycles. The number of nitrogens with one attached hydrogen (secondary N) is 1. The molecular formula is C11H9ClN4S. The predicted octanol–water partition coefficient (Wildman–Crippen LogP) is 2.89. The van der Waals surface area contributed by atoms with Gasteiger partial charge in [-0.1, -0.05) is 0 Å². The normalized spacial score (nSPS) is 10.9. The number of rotatable bonds is 3. The van der Waals surface area contributed by atoms with E-state index in [-0.39, 0.29) is 0 Å². The van der Waals surface area contributed by atoms with E-state index in [4.69, 9.17) is 11.6 Å². The lowest BCUT2D eigenvalue weighted by molar-refractivity contribution is 0.833. The Bertz CT molecular complexity index is 632. The van der Waals surface area contributed by atoms with E-state index in [9.17, 15) is 0 Å². The van der Waals surface area contributed by atoms with Gasteiger partial charge < -0.3 is 5.43 Å². The third kappa shape index (κ3) is 2.11. The molecule has 0 radical (unpaired) electrons. The van der Waals surface area contributed by atoms with Crippen molar-refractivity contribution in [3.63, 3.8) is 0 Å². The Morgan fingerprint density at radius 1 is 1.29 bits per heavy atom. The first-order valence-electron chi connectivity index (χ1n) is 5.09. The lowest BCUT2D eigenvalue weighted by atomic mass is 10.3. The Hall–Kier alpha value is -1.59. The topological polar surface area (TPSA) is 42.7 Å². The van der Waals surface area contributed by atoms with Crippen molar-refractivity contribution in [1.82, 2.24) is 14.6 Å². The summed E-state index contributed by atoms with van der Waals surface area (Å²) < 4.78 is 2.96. The van der Waals surface area contributed by atoms with Crippen LogP contribution in [0.15, 0.2) is 36.0 Å². The van der Waals surface area contributed by atoms with Crippen molar-refractivity contribution >= 4 is 33.2 Å². The number of hydrogen-bond donors (Lipinski definition) is 1. The smallest absolute Gasteiger partial charge is 0.223 e. The molecule has 0 aromatic carbocycles. The van der Waals surface area contributed by atoms with Gasteiger partial charge in [-0.15, -0.1) is 11.3 Å². The van der Waals surface area contributed by atoms with Crippen molar-refractivity contribution in [2.45, 2.75) is 6.54 Å². The lowest BCUT2D eigenvalue weighted by Crippen LogP contribution is -2.13. The predicted molar refractivity (Wildman–Crippen MR) is 69.9 cm³/mol. The van der Waals surface area contributed by atoms with Crippen molar-refractivity contribution in [2.75, 3.05) is 5.43 Å². The highest BCUT2D eigenvalue weighted by Gasteiger charge is 2.07. The maximum atomic E-state index is 5.89. The third-order valence-corrected chi connectivity index (χ3v) is 3.50. The van der Waals surface area contributed by atoms with Crippen molar-refractivity contribution in [3.05, 3.63) is 47.0 Å². The van der Waals surface area contributed by atoms with Gasteiger partial charge >= 0.3 is 0 Å². The molecular weight excluding hydrogens is 256 g/mol. The van der Waals surface area contributed by atoms with E-state index in [2.05, 4.69) is 15.4 Å². The van der Waals surface area contributed by atoms with E-state index >= 15 is 0 Å². The molecule has 17 heavy (non-hydrogen) atoms. The zero-order chi connectivity index (χ0) is 11.7. The molecule has 0 amide bonds. The van der Waals surface area contributed by atoms with E-state index in [1.165, 1.54) is 0 Å². The van der Waals surface area contributed by atoms with Crippen LogP contribution in [0.4, 0.5) is 0 Å². The summed E-state index contributed by atoms with van der Waals surface area (Å²) in [5.41, 5.74) is 5.05. The van der Waals surface area contributed by atoms with Crippen LogP contribution in [-0.2, 0) is 6.54 Å². The van der Waals surface area contributed by atoms with Gasteiger partial charge in [0.25, 0.3) is 0 Å². The maximum absolute atomic E-state index is 5.89. The van der Waals surface area contributed by atoms with Crippen LogP contribution in [0.2, 0.25) is 5.28 Å². The molecule has 0 aliphatic heterocycles. The van der Waals surface area contributed by atoms with Crippen LogP contribution in [0.5, 0.6) is 0 Å². The quantitative estimate of drug-likeness (QED) is 0.740. The van der Waals surface area contributed by atoms with Crippen LogP contribution >= 0.6 is 22.9 Å². The second-order valence-electron chi connectivity index (χ2n) is 3.50. The SMILES string of the molecule is Clc1nc(CNn2cccc2)c2sccc2n1. The molecule has 3 rings (SSSR count). The lowest BCUT2D eigenvalue weighted by Gasteiger charge is -2.07. The fourth-order valence-corrected chi connectivity index (χ4v) is 2.63. The second kappa shape index (κ2) is 4.35. The molecule has 6 heteroatoms. The van der Waals surface area contributed by atoms with Crippen molar-refractivity contribution in [3.8, 4) is 0 Å². The summed E-state index contributed by atoms with van der Waals surface area (Å²) in [6.07, 6.45) is 3.88. The van der Waals surface area contributed by atoms with Gasteiger partial charge in [0, 0.05) is 12.4 Å². The molecule has 3 heterocycles. The third-order valence-electron chi connectivity index (χ3n) is 2.38. The van der Waals surface area contributed by atoms with Crippen molar-refractivity contribution in [1.29, 1.82) is 0 Å². The van der Waals surface area contributed by atoms with Crippen LogP contribution < -0.4 is 5.43 Å². The molecule has 0 atom stereocenters. The minimum Gasteiger partial charge on any atom is -0.320 e. The number of fused-ring (bicyclic) bond motifs is 1. The molecule has 0 aliphatic rings. The molecule has 1 N–H and O–H groups in total. The standard InChI is InChI=1S/C11H9ClN4S/c12-11-14-8-3-6-17-10(8)9(15-11)7-13-16-4-1-2-5-16/h1-6,13H,7H2. The molecule has 86 valence electrons. The number of nitrogens with zero attached hydrogens (tertiary/aromatic N) is 3. The van der Waals surface area contributed by atoms with Crippen molar-refractivity contribution < 1.29 is 0 Å². The Morgan fingerprint density at radius 2 is 2.12 bits per heavy atom. The monoisotopic (exact) mass is 264 g/mol. The van der Waals surface area contributed by atoms with Gasteiger partial charge in [0.2, 0.25) is 5.28 Å². The van der Waals surface area contributed by atoms with Gasteiger partial charge in [0.05, 0.1) is 22.5 Å². The summed E-state index contributed by atoms with van der Waals surface area (Å²) in [5, 5.41) is 2.29. The maximum Gasteiger partial charge on any atom is 0.223 e. The summed E-state index contributed by atoms with van der Waals surface area (Å²) in [4.78, 5) is 8.43. The molecule has 0 saturated carbocycles. The molecule has 0 bridgehead atoms. The number of halogens is 1. The second-order valence-corrected chi connectivity index (χ2v) is 4.75. The van der Waals surface area contributed by atoms with E-state index in [1.807, 2.05) is 40.6 Å². The Balaban J connectivity index is 1.91. The summed E-state index contributed by atoms with van der Waals surface area (Å²) in [5.74, 6) is 0. The van der Waals surface area contributed by atoms with E-state index in [1.54, 1.807) is 11.3 Å². The zero-order valence-electron chi connectivity index (χ0n) is 8.80. The van der Waals surface area contributed by atoms with Crippen molar-refractivity contribution in [2.24, 2.45) is 0 Å². The molecule has 3 aromatic rings. The first-order valence-corrected chi connectivity index (χ1v) is 6.35. The van der Waals surface area contributed by atoms with Crippen LogP contribution in [0.25, 0.3) is 10.2 Å². The zero-order valence-corrected chi connectivity index (χ0v) is 10.4. The first kappa shape index (κ1) is 10.6. The number of thiophene rings is 1. The molecule has 0 spiro atoms. The van der Waals surface area contributed by atoms with E-state index < -0.39 is 0 Å². The highest BCUT2D eigenvalue weighted by atomic mass is 35.5. The number of hydrogen-bond acceptors (Lipinski definition) is 4. The van der Waals surface area contributed by atoms with Gasteiger partial charge in [-0.2, -0.15) is 0 Å². The minimum atomic E-state index is 0.292. The Morgan fingerprint density at radius 3 is 2.94 bits per heavy atom. The molecule has 0 unspecified atom stereocenters. The highest BCUT2D eigenvalue weighted by Crippen LogP contribution is 2.23. The average Bonchev–Trinajstić information content (AvgIpc) is 2.95. The van der Waals surface area contributed by atoms with Gasteiger partial charge in [-0.3, -0.25) is 4.68 Å². The van der Waals surface area contributed by atoms with Crippen LogP contribution in [0.1, 0.15) is 5.69 Å². The Kier molecular flexibility index (Phi) is 2.70. The van der Waals surface area contributed by atoms with Gasteiger partial charge in [0.1, 0.15) is 0 Å². The van der Waals surface area contributed by atoms with E-state index in [0.29, 0.717) is 11.8 Å². The number of aromatic nitrogens is 3. The molecule has 0 saturated heterocycles. The summed E-state index contributed by atoms with van der Waals surface area (Å²) >= 11 is 7.52. The summed E-state index contributed by atoms with van der Waals surface area (Å²) in [7, 11) is 0. The van der Waals surface area contributed by atoms with Crippen LogP contribution in [-0.4, -0.2) is 14.6 Å². The highest BCUT2D eigenvalue weighted by molar-refractivity contribution is 7.17. The largest absolute Gasteiger partial charge is 0.320 e. The molecule has 3 aromatic heterocycles. The van der Waals surface area contributed by atoms with E-state index in [0.717, 1.165) is 15.9 Å². The fourth-order valence-electron chi connectivity index (χ4n) is 1.62. The molecule has 4 nitrogen and oxygen atoms in total. The summed E-state index contributed by atoms with van der Waals surface area (Å²) in [6.45, 7) is 0.619. The van der Waals surface area contributed by atoms with Gasteiger partial charge in [-0.25, -0.2) is 9.97 Å². The average molecular weight is 265 g/mol. The minimum absolute atomic E-state index is 0.292. The fraction of sp³-hybridized carbons (Fsp3) is 0.0909. The molecule has 0 fully saturated rings. The van der Waals surface area contributed by atoms with Gasteiger partial charge in [0.15, 0.2) is 0 Å².